The van der Waals surface area contributed by atoms with Gasteiger partial charge in [-0.2, -0.15) is 0 Å². The van der Waals surface area contributed by atoms with Crippen LogP contribution in [0.1, 0.15) is 10.4 Å². The lowest BCUT2D eigenvalue weighted by Gasteiger charge is -2.14. The Labute approximate surface area is 188 Å². The minimum absolute atomic E-state index is 0.0664. The van der Waals surface area contributed by atoms with Crippen molar-refractivity contribution in [2.75, 3.05) is 17.1 Å². The molecule has 6 nitrogen and oxygen atoms in total. The fourth-order valence-corrected chi connectivity index (χ4v) is 4.29. The van der Waals surface area contributed by atoms with Gasteiger partial charge in [0.2, 0.25) is 0 Å². The van der Waals surface area contributed by atoms with Gasteiger partial charge in [0.15, 0.2) is 0 Å². The summed E-state index contributed by atoms with van der Waals surface area (Å²) in [5.41, 5.74) is 0.666. The van der Waals surface area contributed by atoms with E-state index < -0.39 is 15.9 Å². The molecule has 0 saturated carbocycles. The van der Waals surface area contributed by atoms with Gasteiger partial charge in [-0.25, -0.2) is 8.42 Å². The number of halogens is 3. The first-order valence-electron chi connectivity index (χ1n) is 8.43. The zero-order chi connectivity index (χ0) is 21.9. The van der Waals surface area contributed by atoms with Gasteiger partial charge >= 0.3 is 0 Å². The lowest BCUT2D eigenvalue weighted by Crippen LogP contribution is -2.16. The van der Waals surface area contributed by atoms with Gasteiger partial charge in [0.1, 0.15) is 5.75 Å². The number of nitrogens with one attached hydrogen (secondary N) is 2. The maximum Gasteiger partial charge on any atom is 0.262 e. The number of rotatable bonds is 6. The second-order valence-electron chi connectivity index (χ2n) is 6.03. The van der Waals surface area contributed by atoms with E-state index in [-0.39, 0.29) is 31.3 Å². The fraction of sp³-hybridized carbons (Fsp3) is 0.0500. The van der Waals surface area contributed by atoms with Crippen molar-refractivity contribution in [3.63, 3.8) is 0 Å². The van der Waals surface area contributed by atoms with Crippen molar-refractivity contribution in [2.45, 2.75) is 4.90 Å². The summed E-state index contributed by atoms with van der Waals surface area (Å²) in [6, 6.07) is 15.2. The molecule has 156 valence electrons. The van der Waals surface area contributed by atoms with E-state index in [1.165, 1.54) is 37.4 Å². The molecule has 0 radical (unpaired) electrons. The van der Waals surface area contributed by atoms with Crippen LogP contribution < -0.4 is 14.8 Å². The van der Waals surface area contributed by atoms with Crippen LogP contribution in [0.3, 0.4) is 0 Å². The van der Waals surface area contributed by atoms with Gasteiger partial charge in [0.25, 0.3) is 15.9 Å². The second-order valence-corrected chi connectivity index (χ2v) is 8.94. The summed E-state index contributed by atoms with van der Waals surface area (Å²) in [6.45, 7) is 0. The maximum atomic E-state index is 12.9. The Bertz CT molecular complexity index is 1200. The highest BCUT2D eigenvalue weighted by Gasteiger charge is 2.20. The predicted molar refractivity (Wildman–Crippen MR) is 120 cm³/mol. The highest BCUT2D eigenvalue weighted by atomic mass is 35.5. The van der Waals surface area contributed by atoms with E-state index in [9.17, 15) is 13.2 Å². The van der Waals surface area contributed by atoms with E-state index in [0.717, 1.165) is 0 Å². The van der Waals surface area contributed by atoms with E-state index in [1.54, 1.807) is 30.3 Å². The highest BCUT2D eigenvalue weighted by molar-refractivity contribution is 7.92. The third kappa shape index (κ3) is 4.99. The quantitative estimate of drug-likeness (QED) is 0.438. The molecule has 0 aliphatic carbocycles. The van der Waals surface area contributed by atoms with Gasteiger partial charge in [-0.3, -0.25) is 9.52 Å². The van der Waals surface area contributed by atoms with Crippen LogP contribution in [-0.4, -0.2) is 21.4 Å². The third-order valence-corrected chi connectivity index (χ3v) is 6.42. The summed E-state index contributed by atoms with van der Waals surface area (Å²) in [7, 11) is -2.64. The Morgan fingerprint density at radius 1 is 0.867 bits per heavy atom. The predicted octanol–water partition coefficient (Wildman–Crippen LogP) is 5.71. The molecule has 2 N–H and O–H groups in total. The molecule has 0 unspecified atom stereocenters. The van der Waals surface area contributed by atoms with Crippen LogP contribution in [0, 0.1) is 0 Å². The molecule has 0 aliphatic heterocycles. The summed E-state index contributed by atoms with van der Waals surface area (Å²) in [5.74, 6) is -0.116. The van der Waals surface area contributed by atoms with Gasteiger partial charge in [0.05, 0.1) is 38.4 Å². The molecule has 1 amide bonds. The van der Waals surface area contributed by atoms with Gasteiger partial charge < -0.3 is 10.1 Å². The fourth-order valence-electron chi connectivity index (χ4n) is 2.54. The number of carbonyl (C=O) groups excluding carboxylic acids is 1. The maximum absolute atomic E-state index is 12.9. The number of hydrogen-bond acceptors (Lipinski definition) is 4. The first kappa shape index (κ1) is 22.2. The number of anilines is 2. The van der Waals surface area contributed by atoms with Crippen molar-refractivity contribution in [3.8, 4) is 5.75 Å². The van der Waals surface area contributed by atoms with Crippen LogP contribution in [0.5, 0.6) is 5.75 Å². The molecule has 0 aliphatic rings. The molecule has 0 spiro atoms. The molecule has 0 saturated heterocycles. The van der Waals surface area contributed by atoms with Crippen LogP contribution in [-0.2, 0) is 10.0 Å². The molecule has 30 heavy (non-hydrogen) atoms. The zero-order valence-corrected chi connectivity index (χ0v) is 18.5. The van der Waals surface area contributed by atoms with Crippen molar-refractivity contribution >= 4 is 62.1 Å². The first-order chi connectivity index (χ1) is 14.2. The molecule has 0 aromatic heterocycles. The number of benzene rings is 3. The highest BCUT2D eigenvalue weighted by Crippen LogP contribution is 2.34. The average Bonchev–Trinajstić information content (AvgIpc) is 2.72. The molecule has 0 atom stereocenters. The Morgan fingerprint density at radius 2 is 1.53 bits per heavy atom. The number of carbonyl (C=O) groups is 1. The normalized spacial score (nSPS) is 11.1. The van der Waals surface area contributed by atoms with E-state index in [4.69, 9.17) is 39.5 Å². The minimum atomic E-state index is -4.06. The molecule has 0 bridgehead atoms. The van der Waals surface area contributed by atoms with Crippen LogP contribution in [0.15, 0.2) is 65.6 Å². The largest absolute Gasteiger partial charge is 0.495 e. The second kappa shape index (κ2) is 9.14. The van der Waals surface area contributed by atoms with Gasteiger partial charge in [-0.1, -0.05) is 53.0 Å². The topological polar surface area (TPSA) is 84.5 Å². The van der Waals surface area contributed by atoms with Crippen molar-refractivity contribution in [1.29, 1.82) is 0 Å². The van der Waals surface area contributed by atoms with Crippen molar-refractivity contribution in [3.05, 3.63) is 81.3 Å². The lowest BCUT2D eigenvalue weighted by atomic mass is 10.2. The monoisotopic (exact) mass is 484 g/mol. The number of ether oxygens (including phenoxy) is 1. The Hall–Kier alpha value is -2.45. The Morgan fingerprint density at radius 3 is 2.20 bits per heavy atom. The van der Waals surface area contributed by atoms with Gasteiger partial charge in [-0.15, -0.1) is 0 Å². The van der Waals surface area contributed by atoms with E-state index >= 15 is 0 Å². The molecule has 10 heteroatoms. The third-order valence-electron chi connectivity index (χ3n) is 4.02. The SMILES string of the molecule is COc1ccc(S(=O)(=O)Nc2cc(Cl)c(Cl)cc2Cl)cc1NC(=O)c1ccccc1. The van der Waals surface area contributed by atoms with Gasteiger partial charge in [0, 0.05) is 5.56 Å². The van der Waals surface area contributed by atoms with Crippen LogP contribution in [0.25, 0.3) is 0 Å². The molecular weight excluding hydrogens is 471 g/mol. The van der Waals surface area contributed by atoms with Crippen molar-refractivity contribution in [1.82, 2.24) is 0 Å². The average molecular weight is 486 g/mol. The van der Waals surface area contributed by atoms with E-state index in [0.29, 0.717) is 11.3 Å². The smallest absolute Gasteiger partial charge is 0.262 e. The molecule has 3 aromatic rings. The summed E-state index contributed by atoms with van der Waals surface area (Å²) in [5, 5.41) is 3.08. The van der Waals surface area contributed by atoms with Crippen LogP contribution >= 0.6 is 34.8 Å². The standard InChI is InChI=1S/C20H15Cl3N2O4S/c1-29-19-8-7-13(9-18(19)24-20(26)12-5-3-2-4-6-12)30(27,28)25-17-11-15(22)14(21)10-16(17)23/h2-11,25H,1H3,(H,24,26). The number of sulfonamides is 1. The van der Waals surface area contributed by atoms with E-state index in [1.807, 2.05) is 0 Å². The molecule has 3 rings (SSSR count). The van der Waals surface area contributed by atoms with Crippen LogP contribution in [0.2, 0.25) is 15.1 Å². The zero-order valence-electron chi connectivity index (χ0n) is 15.4. The summed E-state index contributed by atoms with van der Waals surface area (Å²) in [6.07, 6.45) is 0. The Kier molecular flexibility index (Phi) is 6.77. The Balaban J connectivity index is 1.93. The minimum Gasteiger partial charge on any atom is -0.495 e. The van der Waals surface area contributed by atoms with Crippen LogP contribution in [0.4, 0.5) is 11.4 Å². The van der Waals surface area contributed by atoms with Gasteiger partial charge in [-0.05, 0) is 42.5 Å². The first-order valence-corrected chi connectivity index (χ1v) is 11.0. The summed E-state index contributed by atoms with van der Waals surface area (Å²) in [4.78, 5) is 12.4. The van der Waals surface area contributed by atoms with E-state index in [2.05, 4.69) is 10.0 Å². The van der Waals surface area contributed by atoms with Crippen molar-refractivity contribution < 1.29 is 17.9 Å². The number of amides is 1. The molecule has 3 aromatic carbocycles. The molecule has 0 fully saturated rings. The number of methoxy groups -OCH3 is 1. The molecule has 0 heterocycles. The lowest BCUT2D eigenvalue weighted by molar-refractivity contribution is 0.102. The summed E-state index contributed by atoms with van der Waals surface area (Å²) >= 11 is 17.9. The van der Waals surface area contributed by atoms with Crippen molar-refractivity contribution in [2.24, 2.45) is 0 Å². The number of hydrogen-bond donors (Lipinski definition) is 2. The summed E-state index contributed by atoms with van der Waals surface area (Å²) < 4.78 is 33.3. The molecular formula is C20H15Cl3N2O4S.